The lowest BCUT2D eigenvalue weighted by Gasteiger charge is -2.25. The maximum atomic E-state index is 13.8. The molecule has 39 heavy (non-hydrogen) atoms. The number of allylic oxidation sites excluding steroid dienone is 1. The third-order valence-corrected chi connectivity index (χ3v) is 8.35. The van der Waals surface area contributed by atoms with Crippen molar-refractivity contribution in [2.45, 2.75) is 39.7 Å². The molecule has 0 saturated carbocycles. The molecule has 0 bridgehead atoms. The first-order chi connectivity index (χ1) is 18.7. The van der Waals surface area contributed by atoms with E-state index in [2.05, 4.69) is 18.8 Å². The standard InChI is InChI=1S/C30H26Cl2N2O4S/c1-5-37-29(36)25-17(4)33-30-34(27(25)19-11-9-18(10-12-19)16(2)3)28(35)24(39-30)15-20-13-14-23(38-20)21-7-6-8-22(31)26(21)32/h6-16,27H,5H2,1-4H3/b24-15-/t27-/m1/s1. The molecule has 1 aliphatic rings. The molecule has 0 aliphatic carbocycles. The fourth-order valence-electron chi connectivity index (χ4n) is 4.57. The third-order valence-electron chi connectivity index (χ3n) is 6.55. The van der Waals surface area contributed by atoms with Gasteiger partial charge in [-0.3, -0.25) is 9.36 Å². The molecule has 6 nitrogen and oxygen atoms in total. The van der Waals surface area contributed by atoms with Gasteiger partial charge in [-0.15, -0.1) is 0 Å². The Morgan fingerprint density at radius 1 is 1.15 bits per heavy atom. The van der Waals surface area contributed by atoms with Gasteiger partial charge in [-0.2, -0.15) is 0 Å². The Kier molecular flexibility index (Phi) is 7.67. The second kappa shape index (κ2) is 11.0. The molecule has 0 spiro atoms. The van der Waals surface area contributed by atoms with Gasteiger partial charge in [0.2, 0.25) is 0 Å². The minimum Gasteiger partial charge on any atom is -0.463 e. The lowest BCUT2D eigenvalue weighted by atomic mass is 9.93. The van der Waals surface area contributed by atoms with E-state index < -0.39 is 12.0 Å². The van der Waals surface area contributed by atoms with E-state index in [0.29, 0.717) is 53.7 Å². The van der Waals surface area contributed by atoms with Crippen molar-refractivity contribution in [3.63, 3.8) is 0 Å². The zero-order valence-electron chi connectivity index (χ0n) is 21.8. The van der Waals surface area contributed by atoms with Crippen molar-refractivity contribution < 1.29 is 13.9 Å². The molecular formula is C30H26Cl2N2O4S. The third kappa shape index (κ3) is 5.14. The topological polar surface area (TPSA) is 73.8 Å². The minimum absolute atomic E-state index is 0.219. The zero-order chi connectivity index (χ0) is 27.8. The molecule has 9 heteroatoms. The van der Waals surface area contributed by atoms with Crippen LogP contribution < -0.4 is 14.9 Å². The van der Waals surface area contributed by atoms with Gasteiger partial charge in [0, 0.05) is 11.6 Å². The quantitative estimate of drug-likeness (QED) is 0.244. The fourth-order valence-corrected chi connectivity index (χ4v) is 5.99. The molecule has 3 heterocycles. The number of hydrogen-bond acceptors (Lipinski definition) is 6. The predicted molar refractivity (Wildman–Crippen MR) is 155 cm³/mol. The lowest BCUT2D eigenvalue weighted by molar-refractivity contribution is -0.139. The minimum atomic E-state index is -0.666. The van der Waals surface area contributed by atoms with Crippen LogP contribution in [0.5, 0.6) is 0 Å². The smallest absolute Gasteiger partial charge is 0.338 e. The highest BCUT2D eigenvalue weighted by atomic mass is 35.5. The second-order valence-electron chi connectivity index (χ2n) is 9.43. The number of carbonyl (C=O) groups is 1. The first kappa shape index (κ1) is 27.2. The van der Waals surface area contributed by atoms with Crippen LogP contribution in [0.3, 0.4) is 0 Å². The highest BCUT2D eigenvalue weighted by molar-refractivity contribution is 7.07. The van der Waals surface area contributed by atoms with E-state index in [1.54, 1.807) is 48.8 Å². The van der Waals surface area contributed by atoms with Crippen LogP contribution in [-0.4, -0.2) is 17.1 Å². The number of nitrogens with zero attached hydrogens (tertiary/aromatic N) is 2. The van der Waals surface area contributed by atoms with Crippen LogP contribution in [0.2, 0.25) is 10.0 Å². The van der Waals surface area contributed by atoms with E-state index in [0.717, 1.165) is 11.1 Å². The number of benzene rings is 2. The van der Waals surface area contributed by atoms with Gasteiger partial charge in [-0.1, -0.05) is 78.7 Å². The van der Waals surface area contributed by atoms with E-state index in [4.69, 9.17) is 32.4 Å². The summed E-state index contributed by atoms with van der Waals surface area (Å²) < 4.78 is 13.4. The Labute approximate surface area is 239 Å². The van der Waals surface area contributed by atoms with Crippen LogP contribution in [-0.2, 0) is 9.53 Å². The van der Waals surface area contributed by atoms with Gasteiger partial charge in [-0.05, 0) is 55.2 Å². The molecule has 0 N–H and O–H groups in total. The fraction of sp³-hybridized carbons (Fsp3) is 0.233. The largest absolute Gasteiger partial charge is 0.463 e. The first-order valence-electron chi connectivity index (χ1n) is 12.5. The van der Waals surface area contributed by atoms with Gasteiger partial charge < -0.3 is 9.15 Å². The average molecular weight is 582 g/mol. The van der Waals surface area contributed by atoms with Crippen LogP contribution in [0.15, 0.2) is 80.1 Å². The van der Waals surface area contributed by atoms with Crippen LogP contribution in [0.1, 0.15) is 56.5 Å². The summed E-state index contributed by atoms with van der Waals surface area (Å²) in [6, 6.07) is 16.2. The zero-order valence-corrected chi connectivity index (χ0v) is 24.2. The summed E-state index contributed by atoms with van der Waals surface area (Å²) in [5.41, 5.74) is 3.23. The monoisotopic (exact) mass is 580 g/mol. The van der Waals surface area contributed by atoms with Gasteiger partial charge in [0.25, 0.3) is 5.56 Å². The predicted octanol–water partition coefficient (Wildman–Crippen LogP) is 6.49. The van der Waals surface area contributed by atoms with Crippen LogP contribution in [0.4, 0.5) is 0 Å². The summed E-state index contributed by atoms with van der Waals surface area (Å²) in [5, 5.41) is 0.819. The molecule has 2 aromatic carbocycles. The van der Waals surface area contributed by atoms with Crippen molar-refractivity contribution in [3.8, 4) is 11.3 Å². The van der Waals surface area contributed by atoms with Crippen molar-refractivity contribution >= 4 is 46.6 Å². The van der Waals surface area contributed by atoms with E-state index in [1.807, 2.05) is 30.3 Å². The van der Waals surface area contributed by atoms with Crippen molar-refractivity contribution in [2.75, 3.05) is 6.61 Å². The number of rotatable bonds is 6. The molecule has 200 valence electrons. The number of esters is 1. The molecule has 0 radical (unpaired) electrons. The van der Waals surface area contributed by atoms with Gasteiger partial charge >= 0.3 is 5.97 Å². The Morgan fingerprint density at radius 2 is 1.90 bits per heavy atom. The Hall–Kier alpha value is -3.39. The maximum Gasteiger partial charge on any atom is 0.338 e. The molecular weight excluding hydrogens is 555 g/mol. The molecule has 1 atom stereocenters. The second-order valence-corrected chi connectivity index (χ2v) is 11.2. The number of aromatic nitrogens is 1. The number of thiazole rings is 1. The molecule has 2 aromatic heterocycles. The van der Waals surface area contributed by atoms with Gasteiger partial charge in [-0.25, -0.2) is 9.79 Å². The number of furan rings is 1. The summed E-state index contributed by atoms with van der Waals surface area (Å²) in [7, 11) is 0. The van der Waals surface area contributed by atoms with Crippen molar-refractivity contribution in [3.05, 3.63) is 112 Å². The molecule has 0 unspecified atom stereocenters. The molecule has 0 fully saturated rings. The summed E-state index contributed by atoms with van der Waals surface area (Å²) in [6.45, 7) is 7.98. The number of ether oxygens (including phenoxy) is 1. The van der Waals surface area contributed by atoms with Gasteiger partial charge in [0.05, 0.1) is 38.5 Å². The highest BCUT2D eigenvalue weighted by Crippen LogP contribution is 2.35. The normalized spacial score (nSPS) is 15.5. The van der Waals surface area contributed by atoms with Crippen molar-refractivity contribution in [2.24, 2.45) is 4.99 Å². The molecule has 1 aliphatic heterocycles. The number of fused-ring (bicyclic) bond motifs is 1. The molecule has 4 aromatic rings. The molecule has 5 rings (SSSR count). The van der Waals surface area contributed by atoms with Crippen molar-refractivity contribution in [1.29, 1.82) is 0 Å². The van der Waals surface area contributed by atoms with Gasteiger partial charge in [0.15, 0.2) is 4.80 Å². The van der Waals surface area contributed by atoms with Crippen LogP contribution >= 0.6 is 34.5 Å². The van der Waals surface area contributed by atoms with E-state index in [9.17, 15) is 9.59 Å². The maximum absolute atomic E-state index is 13.8. The van der Waals surface area contributed by atoms with E-state index in [-0.39, 0.29) is 12.2 Å². The Bertz CT molecular complexity index is 1780. The molecule has 0 amide bonds. The van der Waals surface area contributed by atoms with Crippen LogP contribution in [0, 0.1) is 0 Å². The van der Waals surface area contributed by atoms with Gasteiger partial charge in [0.1, 0.15) is 11.5 Å². The van der Waals surface area contributed by atoms with Crippen LogP contribution in [0.25, 0.3) is 17.4 Å². The first-order valence-corrected chi connectivity index (χ1v) is 14.1. The summed E-state index contributed by atoms with van der Waals surface area (Å²) in [5.74, 6) is 0.874. The summed E-state index contributed by atoms with van der Waals surface area (Å²) in [6.07, 6.45) is 1.67. The lowest BCUT2D eigenvalue weighted by Crippen LogP contribution is -2.39. The van der Waals surface area contributed by atoms with E-state index in [1.165, 1.54) is 11.3 Å². The SMILES string of the molecule is CCOC(=O)C1=C(C)N=c2s/c(=C\c3ccc(-c4cccc(Cl)c4Cl)o3)c(=O)n2[C@@H]1c1ccc(C(C)C)cc1. The summed E-state index contributed by atoms with van der Waals surface area (Å²) >= 11 is 13.8. The Morgan fingerprint density at radius 3 is 2.59 bits per heavy atom. The van der Waals surface area contributed by atoms with Crippen molar-refractivity contribution in [1.82, 2.24) is 4.57 Å². The van der Waals surface area contributed by atoms with E-state index >= 15 is 0 Å². The number of carbonyl (C=O) groups excluding carboxylic acids is 1. The summed E-state index contributed by atoms with van der Waals surface area (Å²) in [4.78, 5) is 32.0. The average Bonchev–Trinajstić information content (AvgIpc) is 3.49. The number of halogens is 2. The Balaban J connectivity index is 1.63. The highest BCUT2D eigenvalue weighted by Gasteiger charge is 2.33. The molecule has 0 saturated heterocycles. The number of hydrogen-bond donors (Lipinski definition) is 0.